The molecule has 0 unspecified atom stereocenters. The third-order valence-electron chi connectivity index (χ3n) is 3.22. The van der Waals surface area contributed by atoms with Crippen molar-refractivity contribution in [3.63, 3.8) is 0 Å². The predicted octanol–water partition coefficient (Wildman–Crippen LogP) is 1.78. The molecular formula is C13H24N2O. The second-order valence-electron chi connectivity index (χ2n) is 5.65. The van der Waals surface area contributed by atoms with Crippen molar-refractivity contribution in [2.75, 3.05) is 13.1 Å². The Kier molecular flexibility index (Phi) is 3.85. The van der Waals surface area contributed by atoms with Crippen LogP contribution in [0, 0.1) is 5.92 Å². The van der Waals surface area contributed by atoms with Crippen molar-refractivity contribution >= 4 is 5.91 Å². The average Bonchev–Trinajstić information content (AvgIpc) is 3.06. The second kappa shape index (κ2) is 5.17. The van der Waals surface area contributed by atoms with Crippen LogP contribution in [0.4, 0.5) is 0 Å². The van der Waals surface area contributed by atoms with Gasteiger partial charge in [-0.15, -0.1) is 0 Å². The van der Waals surface area contributed by atoms with E-state index in [0.717, 1.165) is 13.1 Å². The van der Waals surface area contributed by atoms with Gasteiger partial charge in [-0.25, -0.2) is 0 Å². The van der Waals surface area contributed by atoms with E-state index in [1.807, 2.05) is 0 Å². The molecule has 0 spiro atoms. The van der Waals surface area contributed by atoms with Gasteiger partial charge in [-0.2, -0.15) is 0 Å². The highest BCUT2D eigenvalue weighted by atomic mass is 16.2. The summed E-state index contributed by atoms with van der Waals surface area (Å²) in [5.74, 6) is 0.935. The van der Waals surface area contributed by atoms with Gasteiger partial charge in [-0.1, -0.05) is 13.8 Å². The Hall–Kier alpha value is -0.570. The molecule has 1 N–H and O–H groups in total. The van der Waals surface area contributed by atoms with Crippen molar-refractivity contribution in [1.29, 1.82) is 0 Å². The van der Waals surface area contributed by atoms with Crippen molar-refractivity contribution in [2.45, 2.75) is 58.0 Å². The van der Waals surface area contributed by atoms with E-state index in [2.05, 4.69) is 24.1 Å². The van der Waals surface area contributed by atoms with Crippen LogP contribution >= 0.6 is 0 Å². The Morgan fingerprint density at radius 1 is 1.31 bits per heavy atom. The molecule has 2 fully saturated rings. The van der Waals surface area contributed by atoms with Crippen LogP contribution in [0.1, 0.15) is 46.0 Å². The maximum Gasteiger partial charge on any atom is 0.224 e. The van der Waals surface area contributed by atoms with Crippen molar-refractivity contribution in [3.05, 3.63) is 0 Å². The molecule has 16 heavy (non-hydrogen) atoms. The number of carbonyl (C=O) groups is 1. The lowest BCUT2D eigenvalue weighted by atomic mass is 10.2. The van der Waals surface area contributed by atoms with E-state index in [4.69, 9.17) is 0 Å². The zero-order chi connectivity index (χ0) is 11.5. The highest BCUT2D eigenvalue weighted by Crippen LogP contribution is 2.28. The third-order valence-corrected chi connectivity index (χ3v) is 3.22. The van der Waals surface area contributed by atoms with Gasteiger partial charge < -0.3 is 10.2 Å². The fourth-order valence-corrected chi connectivity index (χ4v) is 2.05. The molecule has 0 atom stereocenters. The summed E-state index contributed by atoms with van der Waals surface area (Å²) < 4.78 is 0. The molecule has 3 heteroatoms. The minimum absolute atomic E-state index is 0.351. The molecule has 0 aliphatic heterocycles. The van der Waals surface area contributed by atoms with E-state index in [9.17, 15) is 4.79 Å². The maximum absolute atomic E-state index is 12.0. The van der Waals surface area contributed by atoms with Gasteiger partial charge >= 0.3 is 0 Å². The van der Waals surface area contributed by atoms with Gasteiger partial charge in [0.05, 0.1) is 0 Å². The average molecular weight is 224 g/mol. The summed E-state index contributed by atoms with van der Waals surface area (Å²) in [7, 11) is 0. The Balaban J connectivity index is 1.70. The number of hydrogen-bond acceptors (Lipinski definition) is 2. The molecule has 0 bridgehead atoms. The first-order chi connectivity index (χ1) is 7.66. The number of nitrogens with zero attached hydrogens (tertiary/aromatic N) is 1. The Labute approximate surface area is 98.6 Å². The maximum atomic E-state index is 12.0. The summed E-state index contributed by atoms with van der Waals surface area (Å²) in [5, 5.41) is 3.41. The molecule has 0 aromatic rings. The van der Waals surface area contributed by atoms with Gasteiger partial charge in [-0.05, 0) is 31.6 Å². The van der Waals surface area contributed by atoms with Crippen LogP contribution in [0.2, 0.25) is 0 Å². The summed E-state index contributed by atoms with van der Waals surface area (Å²) in [5.41, 5.74) is 0. The standard InChI is InChI=1S/C13H24N2O/c1-10(2)9-15(12-5-6-12)13(16)7-8-14-11-3-4-11/h10-12,14H,3-9H2,1-2H3. The fourth-order valence-electron chi connectivity index (χ4n) is 2.05. The highest BCUT2D eigenvalue weighted by Gasteiger charge is 2.32. The molecule has 92 valence electrons. The van der Waals surface area contributed by atoms with E-state index in [0.29, 0.717) is 30.3 Å². The fraction of sp³-hybridized carbons (Fsp3) is 0.923. The quantitative estimate of drug-likeness (QED) is 0.715. The van der Waals surface area contributed by atoms with E-state index in [1.165, 1.54) is 25.7 Å². The predicted molar refractivity (Wildman–Crippen MR) is 65.2 cm³/mol. The van der Waals surface area contributed by atoms with Crippen LogP contribution in [-0.2, 0) is 4.79 Å². The van der Waals surface area contributed by atoms with Crippen LogP contribution in [0.25, 0.3) is 0 Å². The van der Waals surface area contributed by atoms with Crippen LogP contribution < -0.4 is 5.32 Å². The van der Waals surface area contributed by atoms with Crippen LogP contribution in [-0.4, -0.2) is 36.0 Å². The van der Waals surface area contributed by atoms with Gasteiger partial charge in [0.1, 0.15) is 0 Å². The molecule has 2 rings (SSSR count). The monoisotopic (exact) mass is 224 g/mol. The summed E-state index contributed by atoms with van der Waals surface area (Å²) >= 11 is 0. The summed E-state index contributed by atoms with van der Waals surface area (Å²) in [6.07, 6.45) is 5.71. The zero-order valence-electron chi connectivity index (χ0n) is 10.5. The molecule has 2 saturated carbocycles. The molecular weight excluding hydrogens is 200 g/mol. The number of hydrogen-bond donors (Lipinski definition) is 1. The third kappa shape index (κ3) is 3.78. The normalized spacial score (nSPS) is 20.2. The minimum atomic E-state index is 0.351. The highest BCUT2D eigenvalue weighted by molar-refractivity contribution is 5.77. The van der Waals surface area contributed by atoms with E-state index in [1.54, 1.807) is 0 Å². The molecule has 1 amide bonds. The molecule has 2 aliphatic rings. The Morgan fingerprint density at radius 3 is 2.50 bits per heavy atom. The van der Waals surface area contributed by atoms with E-state index in [-0.39, 0.29) is 0 Å². The topological polar surface area (TPSA) is 32.3 Å². The number of amides is 1. The molecule has 0 radical (unpaired) electrons. The molecule has 0 aromatic carbocycles. The van der Waals surface area contributed by atoms with Gasteiger partial charge in [0.15, 0.2) is 0 Å². The Bertz CT molecular complexity index is 244. The Morgan fingerprint density at radius 2 is 2.00 bits per heavy atom. The molecule has 3 nitrogen and oxygen atoms in total. The van der Waals surface area contributed by atoms with Gasteiger partial charge in [0.2, 0.25) is 5.91 Å². The van der Waals surface area contributed by atoms with Crippen molar-refractivity contribution < 1.29 is 4.79 Å². The summed E-state index contributed by atoms with van der Waals surface area (Å²) in [6.45, 7) is 6.17. The lowest BCUT2D eigenvalue weighted by Gasteiger charge is -2.24. The first-order valence-corrected chi connectivity index (χ1v) is 6.69. The second-order valence-corrected chi connectivity index (χ2v) is 5.65. The lowest BCUT2D eigenvalue weighted by Crippen LogP contribution is -2.37. The summed E-state index contributed by atoms with van der Waals surface area (Å²) in [4.78, 5) is 14.2. The van der Waals surface area contributed by atoms with E-state index >= 15 is 0 Å². The van der Waals surface area contributed by atoms with Gasteiger partial charge in [0.25, 0.3) is 0 Å². The summed E-state index contributed by atoms with van der Waals surface area (Å²) in [6, 6.07) is 1.28. The van der Waals surface area contributed by atoms with Crippen LogP contribution in [0.15, 0.2) is 0 Å². The smallest absolute Gasteiger partial charge is 0.224 e. The zero-order valence-corrected chi connectivity index (χ0v) is 10.5. The SMILES string of the molecule is CC(C)CN(C(=O)CCNC1CC1)C1CC1. The van der Waals surface area contributed by atoms with Crippen LogP contribution in [0.3, 0.4) is 0 Å². The molecule has 0 saturated heterocycles. The number of carbonyl (C=O) groups excluding carboxylic acids is 1. The molecule has 0 heterocycles. The number of nitrogens with one attached hydrogen (secondary N) is 1. The van der Waals surface area contributed by atoms with Gasteiger partial charge in [-0.3, -0.25) is 4.79 Å². The first kappa shape index (κ1) is 11.9. The molecule has 0 aromatic heterocycles. The minimum Gasteiger partial charge on any atom is -0.339 e. The van der Waals surface area contributed by atoms with Crippen molar-refractivity contribution in [2.24, 2.45) is 5.92 Å². The first-order valence-electron chi connectivity index (χ1n) is 6.69. The molecule has 2 aliphatic carbocycles. The largest absolute Gasteiger partial charge is 0.339 e. The van der Waals surface area contributed by atoms with E-state index < -0.39 is 0 Å². The number of rotatable bonds is 7. The van der Waals surface area contributed by atoms with Crippen molar-refractivity contribution in [1.82, 2.24) is 10.2 Å². The van der Waals surface area contributed by atoms with Gasteiger partial charge in [0, 0.05) is 31.6 Å². The van der Waals surface area contributed by atoms with Crippen LogP contribution in [0.5, 0.6) is 0 Å². The lowest BCUT2D eigenvalue weighted by molar-refractivity contribution is -0.132. The van der Waals surface area contributed by atoms with Crippen molar-refractivity contribution in [3.8, 4) is 0 Å².